The number of anilines is 1. The second kappa shape index (κ2) is 5.44. The molecule has 1 heterocycles. The van der Waals surface area contributed by atoms with Gasteiger partial charge in [0.2, 0.25) is 0 Å². The molecule has 0 N–H and O–H groups in total. The highest BCUT2D eigenvalue weighted by atomic mass is 35.5. The summed E-state index contributed by atoms with van der Waals surface area (Å²) in [6, 6.07) is 4.42. The smallest absolute Gasteiger partial charge is 0.310 e. The Morgan fingerprint density at radius 3 is 2.95 bits per heavy atom. The van der Waals surface area contributed by atoms with E-state index in [1.54, 1.807) is 11.0 Å². The second-order valence-corrected chi connectivity index (χ2v) is 4.78. The van der Waals surface area contributed by atoms with E-state index < -0.39 is 4.92 Å². The zero-order chi connectivity index (χ0) is 14.0. The van der Waals surface area contributed by atoms with Crippen molar-refractivity contribution in [1.82, 2.24) is 0 Å². The third-order valence-corrected chi connectivity index (χ3v) is 3.43. The fraction of sp³-hybridized carbons (Fsp3) is 0.417. The molecule has 1 saturated heterocycles. The number of carbonyl (C=O) groups is 1. The van der Waals surface area contributed by atoms with Gasteiger partial charge in [-0.3, -0.25) is 14.9 Å². The Balaban J connectivity index is 2.26. The van der Waals surface area contributed by atoms with Gasteiger partial charge in [-0.2, -0.15) is 0 Å². The Labute approximate surface area is 115 Å². The summed E-state index contributed by atoms with van der Waals surface area (Å²) in [7, 11) is 1.34. The summed E-state index contributed by atoms with van der Waals surface area (Å²) in [5.41, 5.74) is 0.443. The molecule has 0 radical (unpaired) electrons. The standard InChI is InChI=1S/C12H13ClN2O4/c1-19-12(16)8-4-5-14(7-8)11-6-9(13)2-3-10(11)15(17)18/h2-3,6,8H,4-5,7H2,1H3. The van der Waals surface area contributed by atoms with Crippen LogP contribution in [0, 0.1) is 16.0 Å². The van der Waals surface area contributed by atoms with E-state index in [0.29, 0.717) is 30.2 Å². The molecule has 2 rings (SSSR count). The Kier molecular flexibility index (Phi) is 3.90. The maximum Gasteiger partial charge on any atom is 0.310 e. The number of carbonyl (C=O) groups excluding carboxylic acids is 1. The second-order valence-electron chi connectivity index (χ2n) is 4.34. The van der Waals surface area contributed by atoms with Crippen molar-refractivity contribution in [3.8, 4) is 0 Å². The number of esters is 1. The number of ether oxygens (including phenoxy) is 1. The van der Waals surface area contributed by atoms with Gasteiger partial charge in [-0.05, 0) is 18.6 Å². The number of hydrogen-bond donors (Lipinski definition) is 0. The topological polar surface area (TPSA) is 72.7 Å². The Bertz CT molecular complexity index is 520. The fourth-order valence-electron chi connectivity index (χ4n) is 2.24. The van der Waals surface area contributed by atoms with E-state index in [0.717, 1.165) is 0 Å². The van der Waals surface area contributed by atoms with Crippen LogP contribution in [0.15, 0.2) is 18.2 Å². The van der Waals surface area contributed by atoms with Gasteiger partial charge in [-0.1, -0.05) is 11.6 Å². The summed E-state index contributed by atoms with van der Waals surface area (Å²) in [5, 5.41) is 11.4. The van der Waals surface area contributed by atoms with Crippen molar-refractivity contribution in [2.75, 3.05) is 25.1 Å². The van der Waals surface area contributed by atoms with Crippen LogP contribution in [0.1, 0.15) is 6.42 Å². The number of benzene rings is 1. The summed E-state index contributed by atoms with van der Waals surface area (Å²) in [6.07, 6.45) is 0.621. The van der Waals surface area contributed by atoms with Crippen LogP contribution in [-0.4, -0.2) is 31.1 Å². The molecule has 0 spiro atoms. The molecular weight excluding hydrogens is 272 g/mol. The summed E-state index contributed by atoms with van der Waals surface area (Å²) in [4.78, 5) is 23.8. The molecule has 1 unspecified atom stereocenters. The van der Waals surface area contributed by atoms with E-state index in [1.165, 1.54) is 19.2 Å². The van der Waals surface area contributed by atoms with Crippen LogP contribution in [0.25, 0.3) is 0 Å². The van der Waals surface area contributed by atoms with E-state index in [4.69, 9.17) is 16.3 Å². The average Bonchev–Trinajstić information content (AvgIpc) is 2.86. The lowest BCUT2D eigenvalue weighted by Crippen LogP contribution is -2.24. The highest BCUT2D eigenvalue weighted by Gasteiger charge is 2.32. The molecule has 1 aliphatic heterocycles. The molecule has 1 aromatic rings. The number of rotatable bonds is 3. The van der Waals surface area contributed by atoms with Gasteiger partial charge < -0.3 is 9.64 Å². The lowest BCUT2D eigenvalue weighted by Gasteiger charge is -2.18. The number of hydrogen-bond acceptors (Lipinski definition) is 5. The van der Waals surface area contributed by atoms with E-state index >= 15 is 0 Å². The van der Waals surface area contributed by atoms with Crippen LogP contribution in [-0.2, 0) is 9.53 Å². The predicted molar refractivity (Wildman–Crippen MR) is 70.4 cm³/mol. The number of nitro groups is 1. The normalized spacial score (nSPS) is 18.4. The molecule has 1 aliphatic rings. The number of nitrogens with zero attached hydrogens (tertiary/aromatic N) is 2. The number of methoxy groups -OCH3 is 1. The highest BCUT2D eigenvalue weighted by Crippen LogP contribution is 2.34. The van der Waals surface area contributed by atoms with Crippen molar-refractivity contribution in [3.05, 3.63) is 33.3 Å². The van der Waals surface area contributed by atoms with Crippen molar-refractivity contribution in [1.29, 1.82) is 0 Å². The Hall–Kier alpha value is -1.82. The lowest BCUT2D eigenvalue weighted by molar-refractivity contribution is -0.384. The minimum Gasteiger partial charge on any atom is -0.469 e. The molecule has 0 amide bonds. The summed E-state index contributed by atoms with van der Waals surface area (Å²) in [6.45, 7) is 0.981. The third kappa shape index (κ3) is 2.78. The molecule has 0 aliphatic carbocycles. The van der Waals surface area contributed by atoms with Gasteiger partial charge in [0.05, 0.1) is 18.0 Å². The van der Waals surface area contributed by atoms with Crippen LogP contribution in [0.5, 0.6) is 0 Å². The van der Waals surface area contributed by atoms with Gasteiger partial charge in [-0.25, -0.2) is 0 Å². The summed E-state index contributed by atoms with van der Waals surface area (Å²) < 4.78 is 4.69. The van der Waals surface area contributed by atoms with Crippen LogP contribution < -0.4 is 4.90 Å². The van der Waals surface area contributed by atoms with Crippen molar-refractivity contribution < 1.29 is 14.5 Å². The average molecular weight is 285 g/mol. The summed E-state index contributed by atoms with van der Waals surface area (Å²) in [5.74, 6) is -0.532. The zero-order valence-corrected chi connectivity index (χ0v) is 11.1. The van der Waals surface area contributed by atoms with Crippen molar-refractivity contribution in [2.24, 2.45) is 5.92 Å². The van der Waals surface area contributed by atoms with Crippen LogP contribution in [0.3, 0.4) is 0 Å². The van der Waals surface area contributed by atoms with E-state index in [9.17, 15) is 14.9 Å². The molecule has 19 heavy (non-hydrogen) atoms. The molecule has 102 valence electrons. The molecule has 0 saturated carbocycles. The van der Waals surface area contributed by atoms with E-state index in [2.05, 4.69) is 0 Å². The van der Waals surface area contributed by atoms with Crippen LogP contribution >= 0.6 is 11.6 Å². The molecular formula is C12H13ClN2O4. The maximum atomic E-state index is 11.5. The number of nitro benzene ring substituents is 1. The Morgan fingerprint density at radius 2 is 2.32 bits per heavy atom. The molecule has 0 bridgehead atoms. The van der Waals surface area contributed by atoms with Gasteiger partial charge in [0, 0.05) is 24.2 Å². The van der Waals surface area contributed by atoms with Gasteiger partial charge >= 0.3 is 5.97 Å². The minimum absolute atomic E-state index is 0.00471. The minimum atomic E-state index is -0.447. The monoisotopic (exact) mass is 284 g/mol. The highest BCUT2D eigenvalue weighted by molar-refractivity contribution is 6.31. The molecule has 1 atom stereocenters. The number of halogens is 1. The van der Waals surface area contributed by atoms with Gasteiger partial charge in [0.15, 0.2) is 0 Å². The third-order valence-electron chi connectivity index (χ3n) is 3.20. The first-order valence-corrected chi connectivity index (χ1v) is 6.17. The quantitative estimate of drug-likeness (QED) is 0.483. The SMILES string of the molecule is COC(=O)C1CCN(c2cc(Cl)ccc2[N+](=O)[O-])C1. The van der Waals surface area contributed by atoms with Crippen molar-refractivity contribution >= 4 is 28.9 Å². The first-order valence-electron chi connectivity index (χ1n) is 5.79. The van der Waals surface area contributed by atoms with Crippen molar-refractivity contribution in [3.63, 3.8) is 0 Å². The zero-order valence-electron chi connectivity index (χ0n) is 10.3. The van der Waals surface area contributed by atoms with Crippen LogP contribution in [0.4, 0.5) is 11.4 Å². The lowest BCUT2D eigenvalue weighted by atomic mass is 10.1. The molecule has 6 nitrogen and oxygen atoms in total. The van der Waals surface area contributed by atoms with Gasteiger partial charge in [0.1, 0.15) is 5.69 Å². The molecule has 1 aromatic carbocycles. The van der Waals surface area contributed by atoms with Crippen molar-refractivity contribution in [2.45, 2.75) is 6.42 Å². The Morgan fingerprint density at radius 1 is 1.58 bits per heavy atom. The maximum absolute atomic E-state index is 11.5. The van der Waals surface area contributed by atoms with Gasteiger partial charge in [0.25, 0.3) is 5.69 Å². The first-order chi connectivity index (χ1) is 9.02. The van der Waals surface area contributed by atoms with E-state index in [1.807, 2.05) is 0 Å². The fourth-order valence-corrected chi connectivity index (χ4v) is 2.41. The first kappa shape index (κ1) is 13.6. The van der Waals surface area contributed by atoms with Gasteiger partial charge in [-0.15, -0.1) is 0 Å². The molecule has 0 aromatic heterocycles. The van der Waals surface area contributed by atoms with E-state index in [-0.39, 0.29) is 17.6 Å². The summed E-state index contributed by atoms with van der Waals surface area (Å²) >= 11 is 5.89. The van der Waals surface area contributed by atoms with Crippen LogP contribution in [0.2, 0.25) is 5.02 Å². The molecule has 1 fully saturated rings. The predicted octanol–water partition coefficient (Wildman–Crippen LogP) is 2.25. The molecule has 7 heteroatoms. The largest absolute Gasteiger partial charge is 0.469 e.